The Morgan fingerprint density at radius 3 is 2.07 bits per heavy atom. The molecule has 5 amide bonds. The molecule has 0 aromatic heterocycles. The summed E-state index contributed by atoms with van der Waals surface area (Å²) in [5, 5.41) is 97.0. The van der Waals surface area contributed by atoms with Gasteiger partial charge in [0.25, 0.3) is 39.3 Å². The molecule has 5 unspecified atom stereocenters. The highest BCUT2D eigenvalue weighted by Gasteiger charge is 2.96. The number of aliphatic hydroxyl groups is 9. The lowest BCUT2D eigenvalue weighted by Crippen LogP contribution is -2.59. The number of carbonyl (C=O) groups is 5. The molecule has 5 rings (SSSR count). The Balaban J connectivity index is 1.44. The molecule has 25 heteroatoms. The highest BCUT2D eigenvalue weighted by atomic mass is 32.2. The van der Waals surface area contributed by atoms with Gasteiger partial charge >= 0.3 is 17.1 Å². The highest BCUT2D eigenvalue weighted by molar-refractivity contribution is 7.91. The largest absolute Gasteiger partial charge is 0.444 e. The molecule has 0 radical (unpaired) electrons. The van der Waals surface area contributed by atoms with Gasteiger partial charge in [0, 0.05) is 12.0 Å². The van der Waals surface area contributed by atoms with Gasteiger partial charge < -0.3 is 71.0 Å². The number of ether oxygens (including phenoxy) is 2. The first kappa shape index (κ1) is 46.8. The first-order chi connectivity index (χ1) is 27.4. The third kappa shape index (κ3) is 7.64. The molecule has 23 nitrogen and oxygen atoms in total. The van der Waals surface area contributed by atoms with Crippen LogP contribution < -0.4 is 15.4 Å². The van der Waals surface area contributed by atoms with E-state index in [0.29, 0.717) is 12.8 Å². The summed E-state index contributed by atoms with van der Waals surface area (Å²) in [6, 6.07) is -0.511. The van der Waals surface area contributed by atoms with Gasteiger partial charge in [0.15, 0.2) is 0 Å². The predicted molar refractivity (Wildman–Crippen MR) is 194 cm³/mol. The Labute approximate surface area is 341 Å². The van der Waals surface area contributed by atoms with E-state index in [0.717, 1.165) is 35.9 Å². The van der Waals surface area contributed by atoms with Crippen molar-refractivity contribution in [1.82, 2.24) is 25.2 Å². The van der Waals surface area contributed by atoms with Crippen LogP contribution in [0.4, 0.5) is 14.0 Å². The molecule has 12 N–H and O–H groups in total. The van der Waals surface area contributed by atoms with Crippen LogP contribution in [0.5, 0.6) is 0 Å². The quantitative estimate of drug-likeness (QED) is 0.0682. The summed E-state index contributed by atoms with van der Waals surface area (Å²) in [6.45, 7) is 7.28. The van der Waals surface area contributed by atoms with E-state index in [1.807, 2.05) is 6.92 Å². The maximum Gasteiger partial charge on any atom is 0.419 e. The van der Waals surface area contributed by atoms with E-state index in [-0.39, 0.29) is 12.8 Å². The van der Waals surface area contributed by atoms with Crippen molar-refractivity contribution in [3.8, 4) is 0 Å². The molecule has 0 bridgehead atoms. The Bertz CT molecular complexity index is 2030. The fraction of sp³-hybridized carbons (Fsp3) is 0.686. The molecule has 1 saturated heterocycles. The third-order valence-corrected chi connectivity index (χ3v) is 12.8. The number of unbranched alkanes of at least 4 members (excludes halogenated alkanes) is 3. The van der Waals surface area contributed by atoms with E-state index in [4.69, 9.17) is 9.47 Å². The number of nitrogens with one attached hydrogen (secondary N) is 3. The third-order valence-electron chi connectivity index (χ3n) is 11.0. The molecule has 0 spiro atoms. The van der Waals surface area contributed by atoms with Crippen LogP contribution in [0.15, 0.2) is 18.2 Å². The van der Waals surface area contributed by atoms with Crippen LogP contribution in [0.2, 0.25) is 0 Å². The van der Waals surface area contributed by atoms with Gasteiger partial charge in [-0.25, -0.2) is 27.1 Å². The van der Waals surface area contributed by atoms with Crippen molar-refractivity contribution in [2.75, 3.05) is 6.54 Å². The minimum absolute atomic E-state index is 0.00137. The number of rotatable bonds is 13. The van der Waals surface area contributed by atoms with Crippen molar-refractivity contribution in [3.63, 3.8) is 0 Å². The number of carbonyl (C=O) groups excluding carboxylic acids is 5. The molecule has 2 heterocycles. The van der Waals surface area contributed by atoms with E-state index in [9.17, 15) is 82.7 Å². The number of alkyl carbamates (subject to hydrolysis) is 1. The fourth-order valence-electron chi connectivity index (χ4n) is 7.49. The molecule has 60 heavy (non-hydrogen) atoms. The molecule has 1 aromatic rings. The zero-order valence-electron chi connectivity index (χ0n) is 33.1. The van der Waals surface area contributed by atoms with Crippen molar-refractivity contribution >= 4 is 39.9 Å². The summed E-state index contributed by atoms with van der Waals surface area (Å²) < 4.78 is 52.4. The van der Waals surface area contributed by atoms with Crippen molar-refractivity contribution in [2.24, 2.45) is 5.92 Å². The lowest BCUT2D eigenvalue weighted by molar-refractivity contribution is -0.362. The summed E-state index contributed by atoms with van der Waals surface area (Å²) >= 11 is 0. The Hall–Kier alpha value is -4.31. The zero-order valence-corrected chi connectivity index (χ0v) is 33.9. The number of nitrogens with zero attached hydrogens (tertiary/aromatic N) is 2. The molecule has 2 aliphatic heterocycles. The smallest absolute Gasteiger partial charge is 0.419 e. The van der Waals surface area contributed by atoms with Gasteiger partial charge in [-0.15, -0.1) is 0 Å². The average molecular weight is 880 g/mol. The molecular weight excluding hydrogens is 829 g/mol. The molecule has 336 valence electrons. The SMILES string of the molecule is CCCCCCC(NC(=O)OC(C)(C)C)C(=O)N1CC(OC(=O)N2C(O)(O)c3cccc(F)c3C2(O)O)CC1C(=O)NC1(C(=O)NS(=O)(=O)C2(O)C(O)(O)C2(O)O)CC1C. The lowest BCUT2D eigenvalue weighted by atomic mass is 10.1. The summed E-state index contributed by atoms with van der Waals surface area (Å²) in [4.78, 5) is 64.7. The predicted octanol–water partition coefficient (Wildman–Crippen LogP) is -3.29. The number of sulfonamides is 1. The molecule has 4 aliphatic rings. The Morgan fingerprint density at radius 2 is 1.55 bits per heavy atom. The van der Waals surface area contributed by atoms with Gasteiger partial charge in [0.05, 0.1) is 12.1 Å². The summed E-state index contributed by atoms with van der Waals surface area (Å²) in [5.74, 6) is -21.3. The molecular formula is C35H50FN5O18S. The number of hydrogen-bond donors (Lipinski definition) is 12. The van der Waals surface area contributed by atoms with E-state index in [1.165, 1.54) is 11.6 Å². The number of halogens is 1. The van der Waals surface area contributed by atoms with E-state index in [1.54, 1.807) is 20.8 Å². The molecule has 1 aromatic carbocycles. The number of fused-ring (bicyclic) bond motifs is 1. The van der Waals surface area contributed by atoms with Crippen LogP contribution in [0.3, 0.4) is 0 Å². The number of likely N-dealkylation sites (tertiary alicyclic amines) is 1. The topological polar surface area (TPSA) is 363 Å². The summed E-state index contributed by atoms with van der Waals surface area (Å²) in [7, 11) is -5.75. The van der Waals surface area contributed by atoms with E-state index >= 15 is 0 Å². The van der Waals surface area contributed by atoms with Gasteiger partial charge in [-0.05, 0) is 45.6 Å². The Kier molecular flexibility index (Phi) is 11.9. The van der Waals surface area contributed by atoms with Crippen LogP contribution in [-0.4, -0.2) is 146 Å². The zero-order chi connectivity index (χ0) is 45.4. The first-order valence-corrected chi connectivity index (χ1v) is 20.3. The van der Waals surface area contributed by atoms with Crippen LogP contribution in [0.25, 0.3) is 0 Å². The fourth-order valence-corrected chi connectivity index (χ4v) is 9.05. The second-order valence-corrected chi connectivity index (χ2v) is 18.4. The molecule has 2 saturated carbocycles. The van der Waals surface area contributed by atoms with Crippen molar-refractivity contribution < 1.29 is 92.2 Å². The maximum absolute atomic E-state index is 14.7. The second-order valence-electron chi connectivity index (χ2n) is 16.6. The maximum atomic E-state index is 14.7. The average Bonchev–Trinajstić information content (AvgIpc) is 3.65. The normalized spacial score (nSPS) is 26.9. The minimum atomic E-state index is -5.75. The second kappa shape index (κ2) is 15.2. The van der Waals surface area contributed by atoms with Crippen LogP contribution in [-0.2, 0) is 45.7 Å². The monoisotopic (exact) mass is 879 g/mol. The summed E-state index contributed by atoms with van der Waals surface area (Å²) in [6.07, 6.45) is -2.93. The minimum Gasteiger partial charge on any atom is -0.444 e. The first-order valence-electron chi connectivity index (χ1n) is 18.9. The molecule has 5 atom stereocenters. The van der Waals surface area contributed by atoms with Gasteiger partial charge in [-0.2, -0.15) is 4.90 Å². The molecule has 2 aliphatic carbocycles. The van der Waals surface area contributed by atoms with E-state index in [2.05, 4.69) is 10.6 Å². The number of hydrogen-bond acceptors (Lipinski definition) is 18. The van der Waals surface area contributed by atoms with Gasteiger partial charge in [-0.1, -0.05) is 51.7 Å². The van der Waals surface area contributed by atoms with Gasteiger partial charge in [0.1, 0.15) is 35.1 Å². The van der Waals surface area contributed by atoms with E-state index < -0.39 is 138 Å². The van der Waals surface area contributed by atoms with Gasteiger partial charge in [0.2, 0.25) is 11.8 Å². The summed E-state index contributed by atoms with van der Waals surface area (Å²) in [5.41, 5.74) is -5.10. The van der Waals surface area contributed by atoms with Crippen molar-refractivity contribution in [3.05, 3.63) is 35.1 Å². The Morgan fingerprint density at radius 1 is 0.950 bits per heavy atom. The van der Waals surface area contributed by atoms with Crippen molar-refractivity contribution in [2.45, 2.75) is 137 Å². The standard InChI is InChI=1S/C35H50FN5O18S/c1-6-7-8-9-13-21(37-27(45)59-29(3,4)5)25(43)40-16-18(58-28(46)41-31(47,48)19-11-10-12-20(36)23(19)32(41,49)50)14-22(40)24(42)38-30(15-17(30)2)26(44)39-60(56,57)35(55)33(51,52)34(35,53)54/h10-12,17-18,21-22,47-55H,6-9,13-16H2,1-5H3,(H,37,45)(H,38,42)(H,39,44). The van der Waals surface area contributed by atoms with Crippen LogP contribution in [0.1, 0.15) is 90.7 Å². The lowest BCUT2D eigenvalue weighted by Gasteiger charge is -2.34. The van der Waals surface area contributed by atoms with Crippen LogP contribution >= 0.6 is 0 Å². The van der Waals surface area contributed by atoms with Crippen LogP contribution in [0, 0.1) is 11.7 Å². The number of amides is 5. The van der Waals surface area contributed by atoms with Gasteiger partial charge in [-0.3, -0.25) is 14.4 Å². The molecule has 3 fully saturated rings. The number of benzene rings is 1. The highest BCUT2D eigenvalue weighted by Crippen LogP contribution is 2.57. The van der Waals surface area contributed by atoms with Crippen molar-refractivity contribution in [1.29, 1.82) is 0 Å².